The van der Waals surface area contributed by atoms with Gasteiger partial charge >= 0.3 is 0 Å². The van der Waals surface area contributed by atoms with Gasteiger partial charge in [0.1, 0.15) is 29.3 Å². The maximum absolute atomic E-state index is 12.9. The number of benzene rings is 4. The lowest BCUT2D eigenvalue weighted by molar-refractivity contribution is -0.132. The normalized spacial score (nSPS) is 12.9. The van der Waals surface area contributed by atoms with Crippen molar-refractivity contribution in [2.75, 3.05) is 58.5 Å². The second-order valence-electron chi connectivity index (χ2n) is 19.5. The number of likely N-dealkylation sites (N-methyl/N-ethyl adjacent to an activating group) is 2. The minimum absolute atomic E-state index is 0. The van der Waals surface area contributed by atoms with Crippen molar-refractivity contribution in [1.29, 1.82) is 0 Å². The van der Waals surface area contributed by atoms with E-state index in [1.54, 1.807) is 191 Å². The third-order valence-corrected chi connectivity index (χ3v) is 15.3. The molecule has 0 spiro atoms. The Morgan fingerprint density at radius 2 is 0.928 bits per heavy atom. The van der Waals surface area contributed by atoms with Gasteiger partial charge in [-0.1, -0.05) is 67.6 Å². The number of anilines is 3. The largest absolute Gasteiger partial charge is 0.507 e. The fourth-order valence-electron chi connectivity index (χ4n) is 8.71. The fourth-order valence-corrected chi connectivity index (χ4v) is 10.1. The highest BCUT2D eigenvalue weighted by Crippen LogP contribution is 2.36. The molecule has 0 saturated carbocycles. The standard InChI is InChI=1S/C22H22N4O3S.2C18H20N6O2.CH4/c1-15-6-8-17(9-7-15)30(28,29)26-12-10-16(11-13-26)19-14-20(24-25-22(19)23)18-4-2-3-5-21(18)27;2*1-11(18(26)23(2)3)24-10-12(9-20-24)14-8-15(21-22-17(14)19)13-6-4-5-7-16(13)25;/h2-10,14,27H,11-13H2,1H3,(H2,23,25);2*4-11,25H,1-3H3,(H2,19,22);1H4/t;2*11-;/m.10./s1. The predicted molar refractivity (Wildman–Crippen MR) is 319 cm³/mol. The van der Waals surface area contributed by atoms with Gasteiger partial charge in [-0.05, 0) is 99.5 Å². The number of sulfonamides is 1. The molecule has 430 valence electrons. The third-order valence-electron chi connectivity index (χ3n) is 13.4. The van der Waals surface area contributed by atoms with Crippen LogP contribution in [0.1, 0.15) is 50.9 Å². The van der Waals surface area contributed by atoms with Gasteiger partial charge in [-0.3, -0.25) is 19.0 Å². The van der Waals surface area contributed by atoms with Crippen LogP contribution in [0, 0.1) is 6.92 Å². The number of aryl methyl sites for hydroxylation is 1. The van der Waals surface area contributed by atoms with Gasteiger partial charge in [-0.25, -0.2) is 8.42 Å². The van der Waals surface area contributed by atoms with Gasteiger partial charge in [0.15, 0.2) is 17.5 Å². The average Bonchev–Trinajstić information content (AvgIpc) is 4.34. The van der Waals surface area contributed by atoms with E-state index in [0.29, 0.717) is 74.6 Å². The smallest absolute Gasteiger partial charge is 0.246 e. The number of aromatic hydroxyl groups is 3. The van der Waals surface area contributed by atoms with Gasteiger partial charge in [-0.15, -0.1) is 30.6 Å². The van der Waals surface area contributed by atoms with Crippen LogP contribution in [-0.4, -0.2) is 141 Å². The van der Waals surface area contributed by atoms with E-state index in [4.69, 9.17) is 17.2 Å². The van der Waals surface area contributed by atoms with Crippen LogP contribution in [0.5, 0.6) is 17.2 Å². The number of carbonyl (C=O) groups is 2. The molecule has 83 heavy (non-hydrogen) atoms. The number of para-hydroxylation sites is 3. The molecule has 0 fully saturated rings. The number of nitrogens with zero attached hydrogens (tertiary/aromatic N) is 13. The van der Waals surface area contributed by atoms with Crippen LogP contribution in [0.15, 0.2) is 151 Å². The highest BCUT2D eigenvalue weighted by atomic mass is 32.2. The van der Waals surface area contributed by atoms with E-state index in [1.165, 1.54) is 14.1 Å². The van der Waals surface area contributed by atoms with Crippen molar-refractivity contribution in [2.24, 2.45) is 0 Å². The molecule has 4 aromatic carbocycles. The molecule has 1 aliphatic heterocycles. The highest BCUT2D eigenvalue weighted by Gasteiger charge is 2.28. The summed E-state index contributed by atoms with van der Waals surface area (Å²) in [5.74, 6) is 0.971. The Balaban J connectivity index is 0.000000179. The molecule has 0 bridgehead atoms. The summed E-state index contributed by atoms with van der Waals surface area (Å²) in [5, 5.41) is 63.0. The summed E-state index contributed by atoms with van der Waals surface area (Å²) in [6.07, 6.45) is 9.10. The number of amides is 2. The Morgan fingerprint density at radius 1 is 0.554 bits per heavy atom. The van der Waals surface area contributed by atoms with Crippen LogP contribution in [0.3, 0.4) is 0 Å². The molecule has 9 N–H and O–H groups in total. The summed E-state index contributed by atoms with van der Waals surface area (Å²) in [6.45, 7) is 6.07. The van der Waals surface area contributed by atoms with E-state index in [-0.39, 0.29) is 65.4 Å². The zero-order valence-electron chi connectivity index (χ0n) is 46.1. The first kappa shape index (κ1) is 60.6. The molecule has 2 amide bonds. The lowest BCUT2D eigenvalue weighted by Gasteiger charge is -2.26. The summed E-state index contributed by atoms with van der Waals surface area (Å²) < 4.78 is 30.4. The van der Waals surface area contributed by atoms with Crippen molar-refractivity contribution in [3.63, 3.8) is 0 Å². The van der Waals surface area contributed by atoms with Gasteiger partial charge in [0.05, 0.1) is 34.4 Å². The molecule has 2 atom stereocenters. The van der Waals surface area contributed by atoms with Crippen LogP contribution in [0.2, 0.25) is 0 Å². The lowest BCUT2D eigenvalue weighted by atomic mass is 9.99. The predicted octanol–water partition coefficient (Wildman–Crippen LogP) is 7.74. The van der Waals surface area contributed by atoms with Gasteiger partial charge in [0.25, 0.3) is 0 Å². The number of hydrogen-bond acceptors (Lipinski definition) is 18. The zero-order valence-corrected chi connectivity index (χ0v) is 46.9. The van der Waals surface area contributed by atoms with Crippen molar-refractivity contribution in [1.82, 2.24) is 64.3 Å². The SMILES string of the molecule is C.C[C@@H](C(=O)N(C)C)n1cc(-c2cc(-c3ccccc3O)nnc2N)cn1.C[C@H](C(=O)N(C)C)n1cc(-c2cc(-c3ccccc3O)nnc2N)cn1.Cc1ccc(S(=O)(=O)N2CC=C(c3cc(-c4ccccc4O)nnc3N)CC2)cc1. The van der Waals surface area contributed by atoms with Crippen molar-refractivity contribution < 1.29 is 33.3 Å². The molecule has 0 unspecified atom stereocenters. The maximum atomic E-state index is 12.9. The van der Waals surface area contributed by atoms with Gasteiger partial charge < -0.3 is 42.3 Å². The number of aromatic nitrogens is 10. The number of nitrogens with two attached hydrogens (primary N) is 3. The number of hydrogen-bond donors (Lipinski definition) is 6. The van der Waals surface area contributed by atoms with Crippen LogP contribution in [-0.2, 0) is 19.6 Å². The number of phenols is 3. The topological polar surface area (TPSA) is 330 Å². The number of carbonyl (C=O) groups excluding carboxylic acids is 2. The van der Waals surface area contributed by atoms with E-state index in [0.717, 1.165) is 11.1 Å². The van der Waals surface area contributed by atoms with Gasteiger partial charge in [0.2, 0.25) is 21.8 Å². The molecule has 9 aromatic rings. The highest BCUT2D eigenvalue weighted by molar-refractivity contribution is 7.89. The van der Waals surface area contributed by atoms with E-state index in [9.17, 15) is 33.3 Å². The first-order chi connectivity index (χ1) is 39.1. The van der Waals surface area contributed by atoms with Crippen molar-refractivity contribution >= 4 is 44.9 Å². The summed E-state index contributed by atoms with van der Waals surface area (Å²) in [6, 6.07) is 31.9. The Morgan fingerprint density at radius 3 is 1.29 bits per heavy atom. The zero-order chi connectivity index (χ0) is 59.0. The number of rotatable bonds is 12. The van der Waals surface area contributed by atoms with E-state index in [2.05, 4.69) is 40.8 Å². The summed E-state index contributed by atoms with van der Waals surface area (Å²) in [4.78, 5) is 27.6. The fraction of sp³-hybridized carbons (Fsp3) is 0.220. The summed E-state index contributed by atoms with van der Waals surface area (Å²) in [5.41, 5.74) is 26.5. The summed E-state index contributed by atoms with van der Waals surface area (Å²) in [7, 11) is 3.25. The number of phenolic OH excluding ortho intramolecular Hbond substituents is 3. The van der Waals surface area contributed by atoms with Gasteiger partial charge in [0, 0.05) is 98.2 Å². The van der Waals surface area contributed by atoms with Crippen molar-refractivity contribution in [3.8, 4) is 73.3 Å². The molecule has 0 saturated heterocycles. The minimum atomic E-state index is -3.55. The second kappa shape index (κ2) is 26.0. The molecular formula is C59H66N16O7S. The van der Waals surface area contributed by atoms with E-state index < -0.39 is 22.1 Å². The molecular weight excluding hydrogens is 1080 g/mol. The molecule has 5 aromatic heterocycles. The molecule has 0 aliphatic carbocycles. The van der Waals surface area contributed by atoms with Crippen LogP contribution >= 0.6 is 0 Å². The van der Waals surface area contributed by atoms with Crippen molar-refractivity contribution in [3.05, 3.63) is 157 Å². The minimum Gasteiger partial charge on any atom is -0.507 e. The Bertz CT molecular complexity index is 3770. The summed E-state index contributed by atoms with van der Waals surface area (Å²) >= 11 is 0. The quantitative estimate of drug-likeness (QED) is 0.0681. The average molecular weight is 1140 g/mol. The van der Waals surface area contributed by atoms with Crippen LogP contribution in [0.4, 0.5) is 17.5 Å². The Kier molecular flexibility index (Phi) is 19.0. The lowest BCUT2D eigenvalue weighted by Crippen LogP contribution is -2.34. The molecule has 6 heterocycles. The Labute approximate surface area is 481 Å². The van der Waals surface area contributed by atoms with E-state index in [1.807, 2.05) is 13.0 Å². The molecule has 24 heteroatoms. The van der Waals surface area contributed by atoms with E-state index >= 15 is 0 Å². The molecule has 1 aliphatic rings. The first-order valence-corrected chi connectivity index (χ1v) is 27.1. The Hall–Kier alpha value is -10.1. The van der Waals surface area contributed by atoms with Crippen LogP contribution in [0.25, 0.3) is 61.6 Å². The first-order valence-electron chi connectivity index (χ1n) is 25.6. The third kappa shape index (κ3) is 13.8. The molecule has 10 rings (SSSR count). The second-order valence-corrected chi connectivity index (χ2v) is 21.5. The monoisotopic (exact) mass is 1140 g/mol. The maximum Gasteiger partial charge on any atom is 0.246 e. The molecule has 23 nitrogen and oxygen atoms in total. The van der Waals surface area contributed by atoms with Crippen LogP contribution < -0.4 is 17.2 Å². The van der Waals surface area contributed by atoms with Crippen molar-refractivity contribution in [2.45, 2.75) is 51.6 Å². The van der Waals surface area contributed by atoms with Gasteiger partial charge in [-0.2, -0.15) is 14.5 Å². The number of nitrogen functional groups attached to an aromatic ring is 3. The molecule has 0 radical (unpaired) electrons.